The molecule has 9 nitrogen and oxygen atoms in total. The van der Waals surface area contributed by atoms with Gasteiger partial charge in [-0.25, -0.2) is 4.79 Å². The van der Waals surface area contributed by atoms with Crippen LogP contribution in [0.1, 0.15) is 19.9 Å². The van der Waals surface area contributed by atoms with Gasteiger partial charge in [0, 0.05) is 25.2 Å². The summed E-state index contributed by atoms with van der Waals surface area (Å²) in [6.07, 6.45) is 3.23. The summed E-state index contributed by atoms with van der Waals surface area (Å²) in [6.45, 7) is 5.04. The maximum absolute atomic E-state index is 13.3. The third-order valence-corrected chi connectivity index (χ3v) is 6.17. The molecular weight excluding hydrogens is 436 g/mol. The molecule has 0 unspecified atom stereocenters. The van der Waals surface area contributed by atoms with Gasteiger partial charge in [0.1, 0.15) is 0 Å². The van der Waals surface area contributed by atoms with E-state index in [1.165, 1.54) is 14.0 Å². The molecule has 1 fully saturated rings. The smallest absolute Gasteiger partial charge is 0.420 e. The summed E-state index contributed by atoms with van der Waals surface area (Å²) in [5.74, 6) is 0.711. The highest BCUT2D eigenvalue weighted by Crippen LogP contribution is 2.40. The lowest BCUT2D eigenvalue weighted by Gasteiger charge is -2.40. The molecule has 9 heteroatoms. The predicted molar refractivity (Wildman–Crippen MR) is 127 cm³/mol. The molecule has 0 aliphatic carbocycles. The lowest BCUT2D eigenvalue weighted by Crippen LogP contribution is -2.52. The first-order chi connectivity index (χ1) is 16.5. The van der Waals surface area contributed by atoms with E-state index in [1.807, 2.05) is 36.0 Å². The van der Waals surface area contributed by atoms with E-state index in [-0.39, 0.29) is 18.0 Å². The van der Waals surface area contributed by atoms with Gasteiger partial charge in [-0.05, 0) is 36.8 Å². The first kappa shape index (κ1) is 22.0. The fraction of sp³-hybridized carbons (Fsp3) is 0.320. The van der Waals surface area contributed by atoms with Gasteiger partial charge in [-0.1, -0.05) is 18.2 Å². The van der Waals surface area contributed by atoms with Crippen LogP contribution in [-0.2, 0) is 9.53 Å². The van der Waals surface area contributed by atoms with Gasteiger partial charge in [-0.2, -0.15) is 5.10 Å². The summed E-state index contributed by atoms with van der Waals surface area (Å²) in [6, 6.07) is 12.7. The Morgan fingerprint density at radius 1 is 1.06 bits per heavy atom. The second kappa shape index (κ2) is 8.83. The summed E-state index contributed by atoms with van der Waals surface area (Å²) in [7, 11) is 1.53. The maximum Gasteiger partial charge on any atom is 0.420 e. The minimum atomic E-state index is -0.541. The van der Waals surface area contributed by atoms with Crippen LogP contribution in [0.15, 0.2) is 54.9 Å². The number of methoxy groups -OCH3 is 1. The lowest BCUT2D eigenvalue weighted by atomic mass is 10.0. The van der Waals surface area contributed by atoms with Crippen molar-refractivity contribution in [2.75, 3.05) is 36.7 Å². The number of nitrogens with zero attached hydrogens (tertiary/aromatic N) is 4. The summed E-state index contributed by atoms with van der Waals surface area (Å²) in [5, 5.41) is 4.46. The van der Waals surface area contributed by atoms with Gasteiger partial charge in [-0.15, -0.1) is 0 Å². The van der Waals surface area contributed by atoms with Crippen LogP contribution in [0.25, 0.3) is 11.1 Å². The summed E-state index contributed by atoms with van der Waals surface area (Å²) < 4.78 is 18.2. The third-order valence-electron chi connectivity index (χ3n) is 6.17. The highest BCUT2D eigenvalue weighted by Gasteiger charge is 2.35. The Bertz CT molecular complexity index is 1240. The molecule has 34 heavy (non-hydrogen) atoms. The summed E-state index contributed by atoms with van der Waals surface area (Å²) >= 11 is 0. The van der Waals surface area contributed by atoms with Crippen molar-refractivity contribution in [1.29, 1.82) is 0 Å². The molecule has 1 aromatic heterocycles. The molecule has 2 aliphatic heterocycles. The Morgan fingerprint density at radius 3 is 2.50 bits per heavy atom. The number of rotatable bonds is 4. The molecule has 176 valence electrons. The van der Waals surface area contributed by atoms with Crippen molar-refractivity contribution < 1.29 is 23.8 Å². The average Bonchev–Trinajstić information content (AvgIpc) is 3.26. The molecular formula is C25H26N4O5. The van der Waals surface area contributed by atoms with Gasteiger partial charge in [0.15, 0.2) is 11.5 Å². The van der Waals surface area contributed by atoms with E-state index in [0.29, 0.717) is 42.6 Å². The van der Waals surface area contributed by atoms with Crippen molar-refractivity contribution in [3.63, 3.8) is 0 Å². The number of carbonyl (C=O) groups excluding carboxylic acids is 2. The van der Waals surface area contributed by atoms with Crippen molar-refractivity contribution in [2.45, 2.75) is 25.9 Å². The predicted octanol–water partition coefficient (Wildman–Crippen LogP) is 3.89. The van der Waals surface area contributed by atoms with E-state index in [2.05, 4.69) is 5.10 Å². The number of ether oxygens (including phenoxy) is 3. The molecule has 0 bridgehead atoms. The standard InChI is InChI=1S/C25H26N4O5/c1-16-12-27(25(31)34-24-7-5-4-6-23(24)32-3)22-10-18(8-9-21(22)29(16)17(2)30)19-11-26-28(13-19)20-14-33-15-20/h4-11,13,16,20H,12,14-15H2,1-3H3/t16-/m0/s1. The van der Waals surface area contributed by atoms with Gasteiger partial charge in [-0.3, -0.25) is 14.4 Å². The molecule has 1 saturated heterocycles. The van der Waals surface area contributed by atoms with E-state index < -0.39 is 6.09 Å². The zero-order chi connectivity index (χ0) is 23.8. The number of hydrogen-bond acceptors (Lipinski definition) is 6. The van der Waals surface area contributed by atoms with Gasteiger partial charge in [0.05, 0.1) is 50.0 Å². The maximum atomic E-state index is 13.3. The average molecular weight is 463 g/mol. The second-order valence-electron chi connectivity index (χ2n) is 8.47. The largest absolute Gasteiger partial charge is 0.493 e. The first-order valence-corrected chi connectivity index (χ1v) is 11.1. The first-order valence-electron chi connectivity index (χ1n) is 11.1. The van der Waals surface area contributed by atoms with Crippen LogP contribution in [0.5, 0.6) is 11.5 Å². The van der Waals surface area contributed by atoms with Crippen molar-refractivity contribution >= 4 is 23.4 Å². The second-order valence-corrected chi connectivity index (χ2v) is 8.47. The van der Waals surface area contributed by atoms with E-state index in [0.717, 1.165) is 11.1 Å². The zero-order valence-electron chi connectivity index (χ0n) is 19.3. The molecule has 2 amide bonds. The molecule has 0 saturated carbocycles. The van der Waals surface area contributed by atoms with Crippen LogP contribution in [0, 0.1) is 0 Å². The molecule has 5 rings (SSSR count). The molecule has 3 heterocycles. The van der Waals surface area contributed by atoms with Gasteiger partial charge in [0.25, 0.3) is 0 Å². The number of aromatic nitrogens is 2. The van der Waals surface area contributed by atoms with Gasteiger partial charge >= 0.3 is 6.09 Å². The molecule has 0 radical (unpaired) electrons. The van der Waals surface area contributed by atoms with Gasteiger partial charge < -0.3 is 19.1 Å². The van der Waals surface area contributed by atoms with E-state index in [1.54, 1.807) is 40.3 Å². The van der Waals surface area contributed by atoms with Crippen molar-refractivity contribution in [2.24, 2.45) is 0 Å². The quantitative estimate of drug-likeness (QED) is 0.585. The van der Waals surface area contributed by atoms with Crippen LogP contribution < -0.4 is 19.3 Å². The minimum Gasteiger partial charge on any atom is -0.493 e. The molecule has 2 aromatic carbocycles. The normalized spacial score (nSPS) is 17.7. The highest BCUT2D eigenvalue weighted by molar-refractivity contribution is 6.03. The molecule has 3 aromatic rings. The number of carbonyl (C=O) groups is 2. The molecule has 0 spiro atoms. The number of hydrogen-bond donors (Lipinski definition) is 0. The monoisotopic (exact) mass is 462 g/mol. The molecule has 1 atom stereocenters. The minimum absolute atomic E-state index is 0.0861. The van der Waals surface area contributed by atoms with E-state index in [4.69, 9.17) is 14.2 Å². The van der Waals surface area contributed by atoms with E-state index in [9.17, 15) is 9.59 Å². The topological polar surface area (TPSA) is 86.1 Å². The van der Waals surface area contributed by atoms with Crippen molar-refractivity contribution in [3.05, 3.63) is 54.9 Å². The van der Waals surface area contributed by atoms with Crippen molar-refractivity contribution in [3.8, 4) is 22.6 Å². The number of para-hydroxylation sites is 2. The Labute approximate surface area is 197 Å². The Morgan fingerprint density at radius 2 is 1.82 bits per heavy atom. The number of amides is 2. The van der Waals surface area contributed by atoms with Crippen LogP contribution >= 0.6 is 0 Å². The van der Waals surface area contributed by atoms with Crippen LogP contribution in [-0.4, -0.2) is 54.7 Å². The summed E-state index contributed by atoms with van der Waals surface area (Å²) in [4.78, 5) is 29.0. The SMILES string of the molecule is COc1ccccc1OC(=O)N1C[C@H](C)N(C(C)=O)c2ccc(-c3cnn(C4COC4)c3)cc21. The van der Waals surface area contributed by atoms with Crippen molar-refractivity contribution in [1.82, 2.24) is 9.78 Å². The van der Waals surface area contributed by atoms with Gasteiger partial charge in [0.2, 0.25) is 5.91 Å². The number of benzene rings is 2. The fourth-order valence-corrected chi connectivity index (χ4v) is 4.37. The lowest BCUT2D eigenvalue weighted by molar-refractivity contribution is -0.117. The van der Waals surface area contributed by atoms with Crippen LogP contribution in [0.3, 0.4) is 0 Å². The molecule has 2 aliphatic rings. The Kier molecular flexibility index (Phi) is 5.70. The molecule has 0 N–H and O–H groups in total. The number of anilines is 2. The zero-order valence-corrected chi connectivity index (χ0v) is 19.3. The fourth-order valence-electron chi connectivity index (χ4n) is 4.37. The van der Waals surface area contributed by atoms with Crippen LogP contribution in [0.2, 0.25) is 0 Å². The Balaban J connectivity index is 1.51. The van der Waals surface area contributed by atoms with E-state index >= 15 is 0 Å². The summed E-state index contributed by atoms with van der Waals surface area (Å²) in [5.41, 5.74) is 3.07. The highest BCUT2D eigenvalue weighted by atomic mass is 16.6. The number of fused-ring (bicyclic) bond motifs is 1. The Hall–Kier alpha value is -3.85. The van der Waals surface area contributed by atoms with Crippen LogP contribution in [0.4, 0.5) is 16.2 Å². The third kappa shape index (κ3) is 3.88.